The Kier molecular flexibility index (Phi) is 3.43. The molecular formula is C11H18N2O3. The number of carbonyl (C=O) groups is 2. The van der Waals surface area contributed by atoms with Gasteiger partial charge in [0.2, 0.25) is 11.8 Å². The lowest BCUT2D eigenvalue weighted by molar-refractivity contribution is -0.127. The van der Waals surface area contributed by atoms with Crippen molar-refractivity contribution < 1.29 is 14.3 Å². The predicted octanol–water partition coefficient (Wildman–Crippen LogP) is -0.336. The summed E-state index contributed by atoms with van der Waals surface area (Å²) in [6.07, 6.45) is 2.86. The Morgan fingerprint density at radius 3 is 2.56 bits per heavy atom. The minimum absolute atomic E-state index is 0.0204. The van der Waals surface area contributed by atoms with E-state index in [1.54, 1.807) is 7.11 Å². The zero-order valence-electron chi connectivity index (χ0n) is 9.49. The van der Waals surface area contributed by atoms with Crippen molar-refractivity contribution >= 4 is 11.8 Å². The molecule has 2 atom stereocenters. The van der Waals surface area contributed by atoms with Crippen molar-refractivity contribution in [1.82, 2.24) is 10.6 Å². The molecule has 2 rings (SSSR count). The van der Waals surface area contributed by atoms with E-state index in [-0.39, 0.29) is 23.7 Å². The van der Waals surface area contributed by atoms with Crippen LogP contribution in [0.1, 0.15) is 19.3 Å². The standard InChI is InChI=1S/C11H18N2O3/c1-16-5-4-12-10(14)8-6-9(8)11(15)13-7-2-3-7/h7-9H,2-6H2,1H3,(H,12,14)(H,13,15). The molecule has 2 aliphatic rings. The largest absolute Gasteiger partial charge is 0.383 e. The number of carbonyl (C=O) groups excluding carboxylic acids is 2. The summed E-state index contributed by atoms with van der Waals surface area (Å²) in [6, 6.07) is 0.380. The van der Waals surface area contributed by atoms with Crippen molar-refractivity contribution in [2.24, 2.45) is 11.8 Å². The maximum absolute atomic E-state index is 11.6. The van der Waals surface area contributed by atoms with Crippen LogP contribution >= 0.6 is 0 Å². The Bertz CT molecular complexity index is 289. The summed E-state index contributed by atoms with van der Waals surface area (Å²) in [4.78, 5) is 23.1. The normalized spacial score (nSPS) is 27.3. The minimum Gasteiger partial charge on any atom is -0.383 e. The van der Waals surface area contributed by atoms with Gasteiger partial charge in [-0.3, -0.25) is 9.59 Å². The average Bonchev–Trinajstić information content (AvgIpc) is 3.11. The van der Waals surface area contributed by atoms with E-state index in [1.165, 1.54) is 0 Å². The van der Waals surface area contributed by atoms with Gasteiger partial charge in [0, 0.05) is 19.7 Å². The minimum atomic E-state index is -0.115. The Morgan fingerprint density at radius 1 is 1.25 bits per heavy atom. The number of hydrogen-bond acceptors (Lipinski definition) is 3. The molecule has 90 valence electrons. The summed E-state index contributed by atoms with van der Waals surface area (Å²) in [5, 5.41) is 5.68. The topological polar surface area (TPSA) is 67.4 Å². The van der Waals surface area contributed by atoms with Crippen molar-refractivity contribution in [2.75, 3.05) is 20.3 Å². The molecule has 0 aromatic heterocycles. The molecule has 16 heavy (non-hydrogen) atoms. The van der Waals surface area contributed by atoms with Crippen molar-refractivity contribution in [3.8, 4) is 0 Å². The van der Waals surface area contributed by atoms with Gasteiger partial charge in [-0.15, -0.1) is 0 Å². The Labute approximate surface area is 94.9 Å². The highest BCUT2D eigenvalue weighted by Crippen LogP contribution is 2.39. The van der Waals surface area contributed by atoms with Gasteiger partial charge in [0.25, 0.3) is 0 Å². The van der Waals surface area contributed by atoms with Gasteiger partial charge < -0.3 is 15.4 Å². The van der Waals surface area contributed by atoms with Crippen LogP contribution in [0.2, 0.25) is 0 Å². The third-order valence-corrected chi connectivity index (χ3v) is 2.99. The van der Waals surface area contributed by atoms with Crippen molar-refractivity contribution in [2.45, 2.75) is 25.3 Å². The smallest absolute Gasteiger partial charge is 0.224 e. The molecule has 0 aromatic carbocycles. The molecule has 0 spiro atoms. The lowest BCUT2D eigenvalue weighted by atomic mass is 10.3. The number of hydrogen-bond donors (Lipinski definition) is 2. The number of amides is 2. The molecule has 2 aliphatic carbocycles. The lowest BCUT2D eigenvalue weighted by Crippen LogP contribution is -2.32. The van der Waals surface area contributed by atoms with E-state index in [1.807, 2.05) is 0 Å². The highest BCUT2D eigenvalue weighted by molar-refractivity contribution is 5.92. The van der Waals surface area contributed by atoms with Crippen LogP contribution in [0.4, 0.5) is 0 Å². The van der Waals surface area contributed by atoms with Gasteiger partial charge in [-0.25, -0.2) is 0 Å². The second-order valence-electron chi connectivity index (χ2n) is 4.52. The molecule has 0 heterocycles. The van der Waals surface area contributed by atoms with Crippen LogP contribution in [0, 0.1) is 11.8 Å². The van der Waals surface area contributed by atoms with Crippen LogP contribution in [0.3, 0.4) is 0 Å². The van der Waals surface area contributed by atoms with Gasteiger partial charge >= 0.3 is 0 Å². The molecule has 0 saturated heterocycles. The first-order chi connectivity index (χ1) is 7.72. The maximum atomic E-state index is 11.6. The first-order valence-corrected chi connectivity index (χ1v) is 5.79. The van der Waals surface area contributed by atoms with Crippen LogP contribution in [0.15, 0.2) is 0 Å². The van der Waals surface area contributed by atoms with E-state index >= 15 is 0 Å². The summed E-state index contributed by atoms with van der Waals surface area (Å²) >= 11 is 0. The quantitative estimate of drug-likeness (QED) is 0.609. The molecule has 5 heteroatoms. The highest BCUT2D eigenvalue weighted by Gasteiger charge is 2.48. The fourth-order valence-electron chi connectivity index (χ4n) is 1.72. The molecule has 2 N–H and O–H groups in total. The average molecular weight is 226 g/mol. The summed E-state index contributed by atoms with van der Waals surface area (Å²) in [6.45, 7) is 1.03. The van der Waals surface area contributed by atoms with Crippen LogP contribution in [-0.2, 0) is 14.3 Å². The van der Waals surface area contributed by atoms with Crippen LogP contribution in [0.5, 0.6) is 0 Å². The predicted molar refractivity (Wildman–Crippen MR) is 57.6 cm³/mol. The second kappa shape index (κ2) is 4.82. The second-order valence-corrected chi connectivity index (χ2v) is 4.52. The van der Waals surface area contributed by atoms with Crippen LogP contribution in [0.25, 0.3) is 0 Å². The van der Waals surface area contributed by atoms with Crippen LogP contribution < -0.4 is 10.6 Å². The van der Waals surface area contributed by atoms with Gasteiger partial charge in [0.15, 0.2) is 0 Å². The number of nitrogens with one attached hydrogen (secondary N) is 2. The third kappa shape index (κ3) is 2.95. The van der Waals surface area contributed by atoms with E-state index in [2.05, 4.69) is 10.6 Å². The Hall–Kier alpha value is -1.10. The van der Waals surface area contributed by atoms with E-state index < -0.39 is 0 Å². The molecule has 2 fully saturated rings. The SMILES string of the molecule is COCCNC(=O)C1CC1C(=O)NC1CC1. The van der Waals surface area contributed by atoms with Crippen molar-refractivity contribution in [3.05, 3.63) is 0 Å². The van der Waals surface area contributed by atoms with Crippen molar-refractivity contribution in [3.63, 3.8) is 0 Å². The highest BCUT2D eigenvalue weighted by atomic mass is 16.5. The molecule has 0 bridgehead atoms. The third-order valence-electron chi connectivity index (χ3n) is 2.99. The Balaban J connectivity index is 1.64. The lowest BCUT2D eigenvalue weighted by Gasteiger charge is -2.04. The number of rotatable bonds is 6. The zero-order valence-corrected chi connectivity index (χ0v) is 9.49. The van der Waals surface area contributed by atoms with Gasteiger partial charge in [0.05, 0.1) is 18.4 Å². The molecular weight excluding hydrogens is 208 g/mol. The fraction of sp³-hybridized carbons (Fsp3) is 0.818. The maximum Gasteiger partial charge on any atom is 0.224 e. The molecule has 2 amide bonds. The molecule has 0 aliphatic heterocycles. The van der Waals surface area contributed by atoms with E-state index in [0.29, 0.717) is 25.6 Å². The number of ether oxygens (including phenoxy) is 1. The summed E-state index contributed by atoms with van der Waals surface area (Å²) in [5.41, 5.74) is 0. The molecule has 5 nitrogen and oxygen atoms in total. The van der Waals surface area contributed by atoms with Crippen molar-refractivity contribution in [1.29, 1.82) is 0 Å². The molecule has 2 unspecified atom stereocenters. The van der Waals surface area contributed by atoms with Gasteiger partial charge in [-0.2, -0.15) is 0 Å². The first-order valence-electron chi connectivity index (χ1n) is 5.79. The van der Waals surface area contributed by atoms with Gasteiger partial charge in [0.1, 0.15) is 0 Å². The van der Waals surface area contributed by atoms with Gasteiger partial charge in [-0.05, 0) is 19.3 Å². The Morgan fingerprint density at radius 2 is 1.94 bits per heavy atom. The number of methoxy groups -OCH3 is 1. The first kappa shape index (κ1) is 11.4. The summed E-state index contributed by atoms with van der Waals surface area (Å²) in [7, 11) is 1.59. The van der Waals surface area contributed by atoms with E-state index in [0.717, 1.165) is 12.8 Å². The monoisotopic (exact) mass is 226 g/mol. The fourth-order valence-corrected chi connectivity index (χ4v) is 1.72. The van der Waals surface area contributed by atoms with Gasteiger partial charge in [-0.1, -0.05) is 0 Å². The molecule has 0 radical (unpaired) electrons. The van der Waals surface area contributed by atoms with E-state index in [4.69, 9.17) is 4.74 Å². The summed E-state index contributed by atoms with van der Waals surface area (Å²) in [5.74, 6) is -0.180. The summed E-state index contributed by atoms with van der Waals surface area (Å²) < 4.78 is 4.83. The zero-order chi connectivity index (χ0) is 11.5. The van der Waals surface area contributed by atoms with E-state index in [9.17, 15) is 9.59 Å². The molecule has 0 aromatic rings. The van der Waals surface area contributed by atoms with Crippen LogP contribution in [-0.4, -0.2) is 38.1 Å². The molecule has 2 saturated carbocycles.